The van der Waals surface area contributed by atoms with Crippen LogP contribution in [0.4, 0.5) is 11.5 Å². The number of nitrogens with zero attached hydrogens (tertiary/aromatic N) is 2. The first-order valence-electron chi connectivity index (χ1n) is 7.06. The first-order valence-corrected chi connectivity index (χ1v) is 7.06. The van der Waals surface area contributed by atoms with E-state index in [1.54, 1.807) is 7.11 Å². The Morgan fingerprint density at radius 2 is 1.86 bits per heavy atom. The minimum absolute atomic E-state index is 0.680. The SMILES string of the molecule is COc1ccc(CNc2nc(C)nc3cc(N)ccc23)cc1. The lowest BCUT2D eigenvalue weighted by molar-refractivity contribution is 0.414. The molecule has 0 aliphatic rings. The molecule has 0 aliphatic heterocycles. The van der Waals surface area contributed by atoms with Crippen LogP contribution in [0.5, 0.6) is 5.75 Å². The first kappa shape index (κ1) is 14.1. The van der Waals surface area contributed by atoms with Gasteiger partial charge in [-0.15, -0.1) is 0 Å². The topological polar surface area (TPSA) is 73.1 Å². The highest BCUT2D eigenvalue weighted by molar-refractivity contribution is 5.91. The molecule has 112 valence electrons. The third kappa shape index (κ3) is 2.93. The maximum Gasteiger partial charge on any atom is 0.137 e. The highest BCUT2D eigenvalue weighted by Gasteiger charge is 2.06. The van der Waals surface area contributed by atoms with Gasteiger partial charge in [0.25, 0.3) is 0 Å². The van der Waals surface area contributed by atoms with Gasteiger partial charge in [0.05, 0.1) is 12.6 Å². The summed E-state index contributed by atoms with van der Waals surface area (Å²) in [7, 11) is 1.66. The maximum atomic E-state index is 5.82. The van der Waals surface area contributed by atoms with Gasteiger partial charge in [-0.3, -0.25) is 0 Å². The summed E-state index contributed by atoms with van der Waals surface area (Å²) in [6.45, 7) is 2.56. The van der Waals surface area contributed by atoms with Gasteiger partial charge in [-0.05, 0) is 42.8 Å². The van der Waals surface area contributed by atoms with Crippen LogP contribution < -0.4 is 15.8 Å². The molecule has 0 spiro atoms. The number of ether oxygens (including phenoxy) is 1. The van der Waals surface area contributed by atoms with E-state index in [2.05, 4.69) is 15.3 Å². The van der Waals surface area contributed by atoms with Crippen molar-refractivity contribution in [2.45, 2.75) is 13.5 Å². The monoisotopic (exact) mass is 294 g/mol. The van der Waals surface area contributed by atoms with E-state index in [-0.39, 0.29) is 0 Å². The molecule has 1 aromatic heterocycles. The minimum atomic E-state index is 0.680. The van der Waals surface area contributed by atoms with Gasteiger partial charge in [0, 0.05) is 17.6 Å². The van der Waals surface area contributed by atoms with Crippen LogP contribution >= 0.6 is 0 Å². The van der Waals surface area contributed by atoms with Gasteiger partial charge in [0.1, 0.15) is 17.4 Å². The smallest absolute Gasteiger partial charge is 0.137 e. The quantitative estimate of drug-likeness (QED) is 0.723. The zero-order valence-corrected chi connectivity index (χ0v) is 12.6. The number of nitrogens with one attached hydrogen (secondary N) is 1. The number of anilines is 2. The highest BCUT2D eigenvalue weighted by Crippen LogP contribution is 2.23. The van der Waals surface area contributed by atoms with Gasteiger partial charge >= 0.3 is 0 Å². The highest BCUT2D eigenvalue weighted by atomic mass is 16.5. The molecular formula is C17H18N4O. The zero-order valence-electron chi connectivity index (χ0n) is 12.6. The summed E-state index contributed by atoms with van der Waals surface area (Å²) in [6, 6.07) is 13.6. The van der Waals surface area contributed by atoms with Gasteiger partial charge in [-0.2, -0.15) is 0 Å². The molecule has 5 heteroatoms. The Bertz CT molecular complexity index is 794. The molecule has 0 unspecified atom stereocenters. The second kappa shape index (κ2) is 5.89. The molecule has 3 rings (SSSR count). The van der Waals surface area contributed by atoms with Crippen molar-refractivity contribution in [1.29, 1.82) is 0 Å². The fraction of sp³-hybridized carbons (Fsp3) is 0.176. The fourth-order valence-corrected chi connectivity index (χ4v) is 2.33. The number of methoxy groups -OCH3 is 1. The van der Waals surface area contributed by atoms with Crippen molar-refractivity contribution in [3.63, 3.8) is 0 Å². The van der Waals surface area contributed by atoms with E-state index in [9.17, 15) is 0 Å². The van der Waals surface area contributed by atoms with Crippen LogP contribution in [0.2, 0.25) is 0 Å². The van der Waals surface area contributed by atoms with E-state index in [0.717, 1.165) is 33.9 Å². The molecule has 0 radical (unpaired) electrons. The number of nitrogens with two attached hydrogens (primary N) is 1. The zero-order chi connectivity index (χ0) is 15.5. The third-order valence-electron chi connectivity index (χ3n) is 3.45. The van der Waals surface area contributed by atoms with Crippen LogP contribution in [0.3, 0.4) is 0 Å². The minimum Gasteiger partial charge on any atom is -0.497 e. The average Bonchev–Trinajstić information content (AvgIpc) is 2.52. The lowest BCUT2D eigenvalue weighted by Crippen LogP contribution is -2.04. The number of benzene rings is 2. The van der Waals surface area contributed by atoms with Crippen molar-refractivity contribution in [3.05, 3.63) is 53.9 Å². The Labute approximate surface area is 129 Å². The Kier molecular flexibility index (Phi) is 3.78. The second-order valence-corrected chi connectivity index (χ2v) is 5.10. The van der Waals surface area contributed by atoms with Crippen LogP contribution in [0.1, 0.15) is 11.4 Å². The van der Waals surface area contributed by atoms with Crippen molar-refractivity contribution in [2.75, 3.05) is 18.2 Å². The van der Waals surface area contributed by atoms with Crippen molar-refractivity contribution in [2.24, 2.45) is 0 Å². The Hall–Kier alpha value is -2.82. The Morgan fingerprint density at radius 3 is 2.59 bits per heavy atom. The van der Waals surface area contributed by atoms with Crippen molar-refractivity contribution < 1.29 is 4.74 Å². The summed E-state index contributed by atoms with van der Waals surface area (Å²) < 4.78 is 5.16. The number of rotatable bonds is 4. The van der Waals surface area contributed by atoms with Gasteiger partial charge < -0.3 is 15.8 Å². The molecule has 0 saturated heterocycles. The molecule has 0 bridgehead atoms. The van der Waals surface area contributed by atoms with E-state index in [1.165, 1.54) is 0 Å². The van der Waals surface area contributed by atoms with E-state index >= 15 is 0 Å². The van der Waals surface area contributed by atoms with E-state index in [1.807, 2.05) is 49.4 Å². The molecule has 0 aliphatic carbocycles. The second-order valence-electron chi connectivity index (χ2n) is 5.10. The molecule has 2 aromatic carbocycles. The number of nitrogen functional groups attached to an aromatic ring is 1. The molecule has 3 aromatic rings. The molecule has 1 heterocycles. The van der Waals surface area contributed by atoms with Crippen LogP contribution in [0.25, 0.3) is 10.9 Å². The van der Waals surface area contributed by atoms with E-state index in [0.29, 0.717) is 12.2 Å². The normalized spacial score (nSPS) is 10.6. The average molecular weight is 294 g/mol. The molecule has 0 atom stereocenters. The van der Waals surface area contributed by atoms with Gasteiger partial charge in [-0.1, -0.05) is 12.1 Å². The lowest BCUT2D eigenvalue weighted by Gasteiger charge is -2.10. The largest absolute Gasteiger partial charge is 0.497 e. The van der Waals surface area contributed by atoms with Crippen molar-refractivity contribution >= 4 is 22.4 Å². The molecule has 0 saturated carbocycles. The molecule has 0 amide bonds. The van der Waals surface area contributed by atoms with E-state index < -0.39 is 0 Å². The molecule has 5 nitrogen and oxygen atoms in total. The Balaban J connectivity index is 1.86. The third-order valence-corrected chi connectivity index (χ3v) is 3.45. The molecule has 22 heavy (non-hydrogen) atoms. The van der Waals surface area contributed by atoms with E-state index in [4.69, 9.17) is 10.5 Å². The van der Waals surface area contributed by atoms with Gasteiger partial charge in [0.15, 0.2) is 0 Å². The number of aryl methyl sites for hydroxylation is 1. The predicted molar refractivity (Wildman–Crippen MR) is 89.0 cm³/mol. The number of fused-ring (bicyclic) bond motifs is 1. The summed E-state index contributed by atoms with van der Waals surface area (Å²) in [4.78, 5) is 8.92. The van der Waals surface area contributed by atoms with Crippen LogP contribution in [0.15, 0.2) is 42.5 Å². The van der Waals surface area contributed by atoms with Gasteiger partial charge in [-0.25, -0.2) is 9.97 Å². The molecule has 3 N–H and O–H groups in total. The summed E-state index contributed by atoms with van der Waals surface area (Å²) in [5, 5.41) is 4.33. The first-order chi connectivity index (χ1) is 10.7. The van der Waals surface area contributed by atoms with Crippen LogP contribution in [-0.2, 0) is 6.54 Å². The molecular weight excluding hydrogens is 276 g/mol. The summed E-state index contributed by atoms with van der Waals surface area (Å²) in [5.41, 5.74) is 8.53. The standard InChI is InChI=1S/C17H18N4O/c1-11-20-16-9-13(18)5-8-15(16)17(21-11)19-10-12-3-6-14(22-2)7-4-12/h3-9H,10,18H2,1-2H3,(H,19,20,21). The van der Waals surface area contributed by atoms with Crippen LogP contribution in [0, 0.1) is 6.92 Å². The fourth-order valence-electron chi connectivity index (χ4n) is 2.33. The number of aromatic nitrogens is 2. The summed E-state index contributed by atoms with van der Waals surface area (Å²) >= 11 is 0. The lowest BCUT2D eigenvalue weighted by atomic mass is 10.2. The summed E-state index contributed by atoms with van der Waals surface area (Å²) in [5.74, 6) is 2.39. The van der Waals surface area contributed by atoms with Crippen molar-refractivity contribution in [1.82, 2.24) is 9.97 Å². The van der Waals surface area contributed by atoms with Crippen LogP contribution in [-0.4, -0.2) is 17.1 Å². The maximum absolute atomic E-state index is 5.82. The molecule has 0 fully saturated rings. The number of hydrogen-bond acceptors (Lipinski definition) is 5. The number of hydrogen-bond donors (Lipinski definition) is 2. The van der Waals surface area contributed by atoms with Crippen molar-refractivity contribution in [3.8, 4) is 5.75 Å². The van der Waals surface area contributed by atoms with Gasteiger partial charge in [0.2, 0.25) is 0 Å². The summed E-state index contributed by atoms with van der Waals surface area (Å²) in [6.07, 6.45) is 0. The Morgan fingerprint density at radius 1 is 1.09 bits per heavy atom. The predicted octanol–water partition coefficient (Wildman–Crippen LogP) is 3.14.